The Morgan fingerprint density at radius 3 is 2.12 bits per heavy atom. The molecule has 0 amide bonds. The molecule has 1 aliphatic rings. The van der Waals surface area contributed by atoms with E-state index in [9.17, 15) is 0 Å². The van der Waals surface area contributed by atoms with Crippen molar-refractivity contribution in [3.63, 3.8) is 0 Å². The molecule has 0 aromatic heterocycles. The van der Waals surface area contributed by atoms with Crippen LogP contribution in [0.2, 0.25) is 0 Å². The molecule has 1 atom stereocenters. The van der Waals surface area contributed by atoms with Crippen molar-refractivity contribution in [3.05, 3.63) is 0 Å². The molecule has 0 heterocycles. The molecule has 1 N–H and O–H groups in total. The zero-order valence-corrected chi connectivity index (χ0v) is 12.0. The molecule has 96 valence electrons. The maximum Gasteiger partial charge on any atom is 0.00967 e. The monoisotopic (exact) mass is 225 g/mol. The Morgan fingerprint density at radius 1 is 1.06 bits per heavy atom. The molecule has 0 saturated heterocycles. The summed E-state index contributed by atoms with van der Waals surface area (Å²) in [5.74, 6) is 0.999. The maximum atomic E-state index is 3.71. The van der Waals surface area contributed by atoms with E-state index < -0.39 is 0 Å². The second-order valence-electron chi connectivity index (χ2n) is 6.99. The minimum Gasteiger partial charge on any atom is -0.312 e. The highest BCUT2D eigenvalue weighted by atomic mass is 15.0. The average molecular weight is 225 g/mol. The van der Waals surface area contributed by atoms with Crippen LogP contribution in [0.3, 0.4) is 0 Å². The lowest BCUT2D eigenvalue weighted by molar-refractivity contribution is 0.206. The van der Waals surface area contributed by atoms with Crippen molar-refractivity contribution in [2.75, 3.05) is 6.54 Å². The normalized spacial score (nSPS) is 20.8. The van der Waals surface area contributed by atoms with Crippen LogP contribution in [-0.4, -0.2) is 12.1 Å². The Hall–Kier alpha value is -0.0400. The van der Waals surface area contributed by atoms with Crippen LogP contribution in [0.15, 0.2) is 0 Å². The molecule has 1 heteroatoms. The van der Waals surface area contributed by atoms with E-state index in [0.717, 1.165) is 5.92 Å². The summed E-state index contributed by atoms with van der Waals surface area (Å²) in [5.41, 5.74) is 0.823. The third-order valence-corrected chi connectivity index (χ3v) is 3.94. The second-order valence-corrected chi connectivity index (χ2v) is 6.99. The topological polar surface area (TPSA) is 12.0 Å². The van der Waals surface area contributed by atoms with Crippen molar-refractivity contribution < 1.29 is 0 Å². The lowest BCUT2D eigenvalue weighted by Crippen LogP contribution is -2.43. The van der Waals surface area contributed by atoms with E-state index in [1.54, 1.807) is 0 Å². The van der Waals surface area contributed by atoms with E-state index in [0.29, 0.717) is 5.41 Å². The molecule has 0 radical (unpaired) electrons. The van der Waals surface area contributed by atoms with Gasteiger partial charge in [0, 0.05) is 12.1 Å². The summed E-state index contributed by atoms with van der Waals surface area (Å²) in [5, 5.41) is 3.71. The Morgan fingerprint density at radius 2 is 1.69 bits per heavy atom. The Balaban J connectivity index is 2.38. The summed E-state index contributed by atoms with van der Waals surface area (Å²) < 4.78 is 0. The summed E-state index contributed by atoms with van der Waals surface area (Å²) >= 11 is 0. The van der Waals surface area contributed by atoms with E-state index in [2.05, 4.69) is 39.9 Å². The van der Waals surface area contributed by atoms with Crippen LogP contribution < -0.4 is 5.32 Å². The molecule has 1 unspecified atom stereocenters. The van der Waals surface area contributed by atoms with Gasteiger partial charge in [0.1, 0.15) is 0 Å². The van der Waals surface area contributed by atoms with Gasteiger partial charge in [0.25, 0.3) is 0 Å². The molecule has 1 fully saturated rings. The fourth-order valence-corrected chi connectivity index (χ4v) is 2.46. The summed E-state index contributed by atoms with van der Waals surface area (Å²) in [7, 11) is 0. The molecule has 1 rings (SSSR count). The van der Waals surface area contributed by atoms with Gasteiger partial charge in [0.05, 0.1) is 0 Å². The summed E-state index contributed by atoms with van der Waals surface area (Å²) in [6.07, 6.45) is 8.50. The zero-order valence-electron chi connectivity index (χ0n) is 12.0. The number of hydrogen-bond acceptors (Lipinski definition) is 1. The van der Waals surface area contributed by atoms with Crippen molar-refractivity contribution in [2.24, 2.45) is 11.3 Å². The first-order valence-corrected chi connectivity index (χ1v) is 7.12. The van der Waals surface area contributed by atoms with E-state index in [1.165, 1.54) is 45.1 Å². The van der Waals surface area contributed by atoms with Gasteiger partial charge in [-0.2, -0.15) is 0 Å². The SMILES string of the molecule is CCCCCC(C)(CNC(C)(C)C)C1CC1. The third-order valence-electron chi connectivity index (χ3n) is 3.94. The molecule has 1 saturated carbocycles. The molecule has 0 aromatic carbocycles. The standard InChI is InChI=1S/C15H31N/c1-6-7-8-11-15(5,13-9-10-13)12-16-14(2,3)4/h13,16H,6-12H2,1-5H3. The molecular formula is C15H31N. The van der Waals surface area contributed by atoms with Crippen molar-refractivity contribution in [2.45, 2.75) is 78.7 Å². The van der Waals surface area contributed by atoms with E-state index >= 15 is 0 Å². The summed E-state index contributed by atoms with van der Waals surface area (Å²) in [6.45, 7) is 12.8. The summed E-state index contributed by atoms with van der Waals surface area (Å²) in [6, 6.07) is 0. The van der Waals surface area contributed by atoms with E-state index in [-0.39, 0.29) is 5.54 Å². The third kappa shape index (κ3) is 4.86. The van der Waals surface area contributed by atoms with Gasteiger partial charge in [-0.25, -0.2) is 0 Å². The van der Waals surface area contributed by atoms with Gasteiger partial charge in [-0.1, -0.05) is 33.1 Å². The number of nitrogens with one attached hydrogen (secondary N) is 1. The minimum absolute atomic E-state index is 0.265. The van der Waals surface area contributed by atoms with Crippen molar-refractivity contribution in [1.82, 2.24) is 5.32 Å². The fraction of sp³-hybridized carbons (Fsp3) is 1.00. The van der Waals surface area contributed by atoms with Gasteiger partial charge in [-0.05, 0) is 51.4 Å². The first-order chi connectivity index (χ1) is 7.37. The predicted molar refractivity (Wildman–Crippen MR) is 72.7 cm³/mol. The van der Waals surface area contributed by atoms with E-state index in [1.807, 2.05) is 0 Å². The van der Waals surface area contributed by atoms with Gasteiger partial charge in [-0.3, -0.25) is 0 Å². The molecule has 0 aromatic rings. The zero-order chi connectivity index (χ0) is 12.2. The van der Waals surface area contributed by atoms with Gasteiger partial charge < -0.3 is 5.32 Å². The molecule has 0 aliphatic heterocycles. The number of hydrogen-bond donors (Lipinski definition) is 1. The molecule has 16 heavy (non-hydrogen) atoms. The smallest absolute Gasteiger partial charge is 0.00967 e. The predicted octanol–water partition coefficient (Wildman–Crippen LogP) is 4.37. The van der Waals surface area contributed by atoms with E-state index in [4.69, 9.17) is 0 Å². The first kappa shape index (κ1) is 14.0. The van der Waals surface area contributed by atoms with Crippen LogP contribution in [0.4, 0.5) is 0 Å². The van der Waals surface area contributed by atoms with Crippen molar-refractivity contribution in [3.8, 4) is 0 Å². The van der Waals surface area contributed by atoms with Gasteiger partial charge in [0.2, 0.25) is 0 Å². The second kappa shape index (κ2) is 5.53. The fourth-order valence-electron chi connectivity index (χ4n) is 2.46. The van der Waals surface area contributed by atoms with Crippen LogP contribution in [0.25, 0.3) is 0 Å². The van der Waals surface area contributed by atoms with Crippen LogP contribution in [0.1, 0.15) is 73.1 Å². The highest BCUT2D eigenvalue weighted by molar-refractivity contribution is 4.93. The van der Waals surface area contributed by atoms with Crippen LogP contribution in [0.5, 0.6) is 0 Å². The van der Waals surface area contributed by atoms with Crippen molar-refractivity contribution in [1.29, 1.82) is 0 Å². The average Bonchev–Trinajstić information content (AvgIpc) is 2.97. The minimum atomic E-state index is 0.265. The Bertz CT molecular complexity index is 200. The van der Waals surface area contributed by atoms with Crippen molar-refractivity contribution >= 4 is 0 Å². The highest BCUT2D eigenvalue weighted by Gasteiger charge is 2.40. The molecule has 1 aliphatic carbocycles. The highest BCUT2D eigenvalue weighted by Crippen LogP contribution is 2.48. The molecular weight excluding hydrogens is 194 g/mol. The number of rotatable bonds is 7. The Labute approximate surface area is 102 Å². The van der Waals surface area contributed by atoms with Gasteiger partial charge in [-0.15, -0.1) is 0 Å². The lowest BCUT2D eigenvalue weighted by atomic mass is 9.79. The number of unbranched alkanes of at least 4 members (excludes halogenated alkanes) is 2. The van der Waals surface area contributed by atoms with Crippen LogP contribution in [0, 0.1) is 11.3 Å². The maximum absolute atomic E-state index is 3.71. The quantitative estimate of drug-likeness (QED) is 0.634. The molecule has 0 bridgehead atoms. The Kier molecular flexibility index (Phi) is 4.85. The largest absolute Gasteiger partial charge is 0.312 e. The van der Waals surface area contributed by atoms with Crippen LogP contribution >= 0.6 is 0 Å². The summed E-state index contributed by atoms with van der Waals surface area (Å²) in [4.78, 5) is 0. The van der Waals surface area contributed by atoms with Gasteiger partial charge >= 0.3 is 0 Å². The van der Waals surface area contributed by atoms with Crippen LogP contribution in [-0.2, 0) is 0 Å². The molecule has 0 spiro atoms. The first-order valence-electron chi connectivity index (χ1n) is 7.12. The molecule has 1 nitrogen and oxygen atoms in total. The lowest BCUT2D eigenvalue weighted by Gasteiger charge is -2.34. The van der Waals surface area contributed by atoms with Gasteiger partial charge in [0.15, 0.2) is 0 Å².